The van der Waals surface area contributed by atoms with Crippen molar-refractivity contribution in [2.75, 3.05) is 204 Å². The van der Waals surface area contributed by atoms with E-state index >= 15 is 0 Å². The molecule has 2 amide bonds. The second-order valence-corrected chi connectivity index (χ2v) is 18.0. The molecule has 4 N–H and O–H groups in total. The van der Waals surface area contributed by atoms with Crippen LogP contribution in [-0.4, -0.2) is 249 Å². The molecule has 0 spiro atoms. The summed E-state index contributed by atoms with van der Waals surface area (Å²) in [4.78, 5) is 38.6. The number of nitrogen functional groups attached to an aromatic ring is 1. The number of nitrogens with two attached hydrogens (primary N) is 1. The minimum absolute atomic E-state index is 0.173. The highest BCUT2D eigenvalue weighted by Crippen LogP contribution is 2.32. The van der Waals surface area contributed by atoms with Crippen molar-refractivity contribution in [1.29, 1.82) is 0 Å². The number of hydrogen-bond acceptors (Lipinski definition) is 20. The number of aliphatic hydroxyl groups is 2. The van der Waals surface area contributed by atoms with Gasteiger partial charge in [0.1, 0.15) is 17.9 Å². The molecule has 22 heteroatoms. The van der Waals surface area contributed by atoms with Crippen LogP contribution in [-0.2, 0) is 81.3 Å². The Morgan fingerprint density at radius 3 is 1.48 bits per heavy atom. The van der Waals surface area contributed by atoms with E-state index in [9.17, 15) is 19.8 Å². The van der Waals surface area contributed by atoms with Crippen molar-refractivity contribution in [1.82, 2.24) is 29.2 Å². The molecule has 73 heavy (non-hydrogen) atoms. The molecular formula is C51H83N7O15. The van der Waals surface area contributed by atoms with Crippen LogP contribution >= 0.6 is 0 Å². The molecule has 2 aliphatic heterocycles. The molecule has 2 aromatic heterocycles. The van der Waals surface area contributed by atoms with Gasteiger partial charge in [0.25, 0.3) is 11.8 Å². The van der Waals surface area contributed by atoms with Gasteiger partial charge in [0.05, 0.1) is 163 Å². The van der Waals surface area contributed by atoms with E-state index in [2.05, 4.69) is 28.0 Å². The summed E-state index contributed by atoms with van der Waals surface area (Å²) in [5.41, 5.74) is 9.19. The number of hydrogen-bond donors (Lipinski definition) is 3. The van der Waals surface area contributed by atoms with Gasteiger partial charge in [0.2, 0.25) is 0 Å². The third-order valence-corrected chi connectivity index (χ3v) is 12.3. The van der Waals surface area contributed by atoms with Crippen LogP contribution in [0, 0.1) is 5.41 Å². The average Bonchev–Trinajstić information content (AvgIpc) is 3.93. The number of pyridine rings is 1. The monoisotopic (exact) mass is 1030 g/mol. The van der Waals surface area contributed by atoms with E-state index in [0.29, 0.717) is 162 Å². The number of aromatic nitrogens is 3. The number of aryl methyl sites for hydroxylation is 1. The minimum Gasteiger partial charge on any atom is -0.396 e. The van der Waals surface area contributed by atoms with Crippen molar-refractivity contribution in [2.24, 2.45) is 5.41 Å². The van der Waals surface area contributed by atoms with Gasteiger partial charge in [-0.2, -0.15) is 0 Å². The number of ether oxygens (including phenoxy) is 11. The lowest BCUT2D eigenvalue weighted by Crippen LogP contribution is -2.47. The molecule has 2 aliphatic rings. The average molecular weight is 1030 g/mol. The lowest BCUT2D eigenvalue weighted by Gasteiger charge is -2.34. The third kappa shape index (κ3) is 22.1. The Bertz CT molecular complexity index is 2010. The Morgan fingerprint density at radius 2 is 1.03 bits per heavy atom. The third-order valence-electron chi connectivity index (χ3n) is 12.3. The summed E-state index contributed by atoms with van der Waals surface area (Å²) in [6, 6.07) is 6.37. The van der Waals surface area contributed by atoms with Gasteiger partial charge in [-0.05, 0) is 37.9 Å². The number of anilines is 1. The van der Waals surface area contributed by atoms with Gasteiger partial charge < -0.3 is 77.5 Å². The van der Waals surface area contributed by atoms with Gasteiger partial charge in [-0.3, -0.25) is 19.4 Å². The van der Waals surface area contributed by atoms with E-state index in [1.807, 2.05) is 18.4 Å². The highest BCUT2D eigenvalue weighted by atomic mass is 16.6. The van der Waals surface area contributed by atoms with Gasteiger partial charge in [-0.25, -0.2) is 9.97 Å². The number of carbonyl (C=O) groups excluding carboxylic acids is 2. The number of rotatable bonds is 44. The molecule has 0 unspecified atom stereocenters. The molecule has 3 aromatic rings. The zero-order valence-electron chi connectivity index (χ0n) is 43.4. The largest absolute Gasteiger partial charge is 0.396 e. The Balaban J connectivity index is 0.750. The standard InChI is InChI=1S/C51H83N7O15/c1-3-63-38-45-54-48-49(58(45)39-51(2,40-59)41-60)43-7-6-42(37-44(43)53-50(48)52)5-4-10-55-11-13-56(14-12-55)15-17-64-19-21-66-23-25-68-27-29-70-31-33-72-35-36-73-34-32-71-30-28-69-26-24-67-22-20-65-18-16-57-46(61)8-9-47(57)62/h6-9,37,59-60H,3-5,10-36,38-41H2,1-2H3,(H2,52,53). The summed E-state index contributed by atoms with van der Waals surface area (Å²) < 4.78 is 63.2. The van der Waals surface area contributed by atoms with Crippen LogP contribution < -0.4 is 5.73 Å². The first-order valence-electron chi connectivity index (χ1n) is 25.9. The van der Waals surface area contributed by atoms with E-state index in [4.69, 9.17) is 67.8 Å². The zero-order chi connectivity index (χ0) is 51.8. The van der Waals surface area contributed by atoms with Crippen LogP contribution in [0.3, 0.4) is 0 Å². The Kier molecular flexibility index (Phi) is 29.2. The molecule has 0 saturated carbocycles. The van der Waals surface area contributed by atoms with E-state index < -0.39 is 5.41 Å². The number of nitrogens with zero attached hydrogens (tertiary/aromatic N) is 6. The molecule has 0 bridgehead atoms. The number of amides is 2. The lowest BCUT2D eigenvalue weighted by atomic mass is 9.92. The van der Waals surface area contributed by atoms with Gasteiger partial charge in [0.15, 0.2) is 5.82 Å². The predicted octanol–water partition coefficient (Wildman–Crippen LogP) is 1.34. The van der Waals surface area contributed by atoms with Gasteiger partial charge in [-0.1, -0.05) is 19.1 Å². The fraction of sp³-hybridized carbons (Fsp3) is 0.725. The topological polar surface area (TPSA) is 243 Å². The van der Waals surface area contributed by atoms with Crippen molar-refractivity contribution < 1.29 is 71.9 Å². The molecule has 0 radical (unpaired) electrons. The molecule has 5 rings (SSSR count). The van der Waals surface area contributed by atoms with Crippen LogP contribution in [0.1, 0.15) is 31.7 Å². The first-order valence-corrected chi connectivity index (χ1v) is 25.9. The van der Waals surface area contributed by atoms with Gasteiger partial charge >= 0.3 is 0 Å². The van der Waals surface area contributed by atoms with Crippen LogP contribution in [0.5, 0.6) is 0 Å². The number of piperazine rings is 1. The molecule has 412 valence electrons. The molecule has 22 nitrogen and oxygen atoms in total. The minimum atomic E-state index is -0.746. The second-order valence-electron chi connectivity index (χ2n) is 18.0. The lowest BCUT2D eigenvalue weighted by molar-refractivity contribution is -0.137. The van der Waals surface area contributed by atoms with Crippen molar-refractivity contribution in [3.8, 4) is 0 Å². The van der Waals surface area contributed by atoms with E-state index in [-0.39, 0.29) is 38.2 Å². The van der Waals surface area contributed by atoms with Crippen molar-refractivity contribution >= 4 is 39.6 Å². The molecule has 1 fully saturated rings. The summed E-state index contributed by atoms with van der Waals surface area (Å²) in [5.74, 6) is 0.426. The van der Waals surface area contributed by atoms with Crippen molar-refractivity contribution in [3.63, 3.8) is 0 Å². The van der Waals surface area contributed by atoms with Crippen LogP contribution in [0.2, 0.25) is 0 Å². The van der Waals surface area contributed by atoms with Gasteiger partial charge in [0, 0.05) is 68.8 Å². The summed E-state index contributed by atoms with van der Waals surface area (Å²) in [7, 11) is 0. The Morgan fingerprint density at radius 1 is 0.589 bits per heavy atom. The number of aliphatic hydroxyl groups excluding tert-OH is 2. The van der Waals surface area contributed by atoms with E-state index in [0.717, 1.165) is 73.4 Å². The number of imide groups is 1. The highest BCUT2D eigenvalue weighted by Gasteiger charge is 2.28. The van der Waals surface area contributed by atoms with Crippen molar-refractivity contribution in [2.45, 2.75) is 39.8 Å². The summed E-state index contributed by atoms with van der Waals surface area (Å²) >= 11 is 0. The number of carbonyl (C=O) groups is 2. The molecular weight excluding hydrogens is 951 g/mol. The van der Waals surface area contributed by atoms with Crippen molar-refractivity contribution in [3.05, 3.63) is 41.7 Å². The summed E-state index contributed by atoms with van der Waals surface area (Å²) in [5, 5.41) is 21.1. The normalized spacial score (nSPS) is 14.9. The first kappa shape index (κ1) is 60.0. The number of fused-ring (bicyclic) bond motifs is 3. The van der Waals surface area contributed by atoms with Gasteiger partial charge in [-0.15, -0.1) is 0 Å². The molecule has 1 aromatic carbocycles. The van der Waals surface area contributed by atoms with Crippen LogP contribution in [0.15, 0.2) is 30.4 Å². The maximum atomic E-state index is 11.5. The number of imidazole rings is 1. The quantitative estimate of drug-likeness (QED) is 0.0535. The maximum absolute atomic E-state index is 11.5. The van der Waals surface area contributed by atoms with Crippen LogP contribution in [0.4, 0.5) is 5.82 Å². The highest BCUT2D eigenvalue weighted by molar-refractivity contribution is 6.12. The van der Waals surface area contributed by atoms with E-state index in [1.54, 1.807) is 0 Å². The number of benzene rings is 1. The second kappa shape index (κ2) is 35.4. The zero-order valence-corrected chi connectivity index (χ0v) is 43.4. The maximum Gasteiger partial charge on any atom is 0.253 e. The fourth-order valence-electron chi connectivity index (χ4n) is 7.99. The predicted molar refractivity (Wildman–Crippen MR) is 272 cm³/mol. The summed E-state index contributed by atoms with van der Waals surface area (Å²) in [6.45, 7) is 20.4. The molecule has 0 atom stereocenters. The molecule has 4 heterocycles. The van der Waals surface area contributed by atoms with E-state index in [1.165, 1.54) is 17.7 Å². The molecule has 0 aliphatic carbocycles. The summed E-state index contributed by atoms with van der Waals surface area (Å²) in [6.07, 6.45) is 4.48. The van der Waals surface area contributed by atoms with Crippen LogP contribution in [0.25, 0.3) is 21.9 Å². The Labute approximate surface area is 430 Å². The molecule has 1 saturated heterocycles. The smallest absolute Gasteiger partial charge is 0.253 e. The SMILES string of the molecule is CCOCc1nc2c(N)nc3cc(CCCN4CCN(CCOCCOCCOCCOCCOCCOCCOCCOCCOCCOCCN5C(=O)C=CC5=O)CC4)ccc3c2n1CC(C)(CO)CO. The Hall–Kier alpha value is -3.82. The fourth-order valence-corrected chi connectivity index (χ4v) is 7.99. The first-order chi connectivity index (χ1) is 35.7.